The van der Waals surface area contributed by atoms with E-state index >= 15 is 0 Å². The molecule has 0 unspecified atom stereocenters. The molecule has 0 aliphatic carbocycles. The van der Waals surface area contributed by atoms with Gasteiger partial charge in [0.1, 0.15) is 5.65 Å². The number of aromatic nitrogens is 4. The third kappa shape index (κ3) is 1.65. The van der Waals surface area contributed by atoms with E-state index < -0.39 is 5.69 Å². The van der Waals surface area contributed by atoms with Gasteiger partial charge in [-0.15, -0.1) is 0 Å². The van der Waals surface area contributed by atoms with E-state index in [1.165, 1.54) is 7.05 Å². The van der Waals surface area contributed by atoms with Crippen LogP contribution in [-0.4, -0.2) is 19.1 Å². The Hall–Kier alpha value is -2.50. The predicted octanol–water partition coefficient (Wildman–Crippen LogP) is 0.923. The standard InChI is InChI=1S/C14H14N4O2/c1-4-18-11-9(5-8(2)7-15-11)6-10-12(18)16-14(20)17(3)13(10)19/h5-7H,4H2,1-3H3. The van der Waals surface area contributed by atoms with Crippen LogP contribution in [-0.2, 0) is 13.6 Å². The number of hydrogen-bond donors (Lipinski definition) is 0. The zero-order valence-electron chi connectivity index (χ0n) is 11.5. The second-order valence-corrected chi connectivity index (χ2v) is 4.81. The van der Waals surface area contributed by atoms with Crippen molar-refractivity contribution < 1.29 is 0 Å². The Morgan fingerprint density at radius 3 is 2.70 bits per heavy atom. The molecule has 20 heavy (non-hydrogen) atoms. The number of hydrogen-bond acceptors (Lipinski definition) is 4. The van der Waals surface area contributed by atoms with Crippen LogP contribution in [0.4, 0.5) is 0 Å². The average molecular weight is 270 g/mol. The normalized spacial score (nSPS) is 11.3. The monoisotopic (exact) mass is 270 g/mol. The van der Waals surface area contributed by atoms with Gasteiger partial charge in [0.05, 0.1) is 5.56 Å². The molecule has 0 saturated carbocycles. The number of pyridine rings is 2. The number of aryl methyl sites for hydroxylation is 2. The van der Waals surface area contributed by atoms with Gasteiger partial charge in [0, 0.05) is 25.2 Å². The first-order chi connectivity index (χ1) is 9.52. The molecule has 3 heterocycles. The number of nitrogens with zero attached hydrogens (tertiary/aromatic N) is 4. The lowest BCUT2D eigenvalue weighted by molar-refractivity contribution is 0.721. The topological polar surface area (TPSA) is 69.8 Å². The van der Waals surface area contributed by atoms with Gasteiger partial charge in [-0.3, -0.25) is 9.36 Å². The Balaban J connectivity index is 2.62. The third-order valence-corrected chi connectivity index (χ3v) is 3.42. The highest BCUT2D eigenvalue weighted by molar-refractivity contribution is 5.82. The first kappa shape index (κ1) is 12.5. The summed E-state index contributed by atoms with van der Waals surface area (Å²) in [6.07, 6.45) is 1.76. The highest BCUT2D eigenvalue weighted by Crippen LogP contribution is 2.22. The molecule has 1 aromatic rings. The maximum Gasteiger partial charge on any atom is 0.352 e. The largest absolute Gasteiger partial charge is 0.352 e. The zero-order chi connectivity index (χ0) is 14.4. The van der Waals surface area contributed by atoms with Crippen molar-refractivity contribution in [3.63, 3.8) is 0 Å². The highest BCUT2D eigenvalue weighted by Gasteiger charge is 2.18. The van der Waals surface area contributed by atoms with E-state index in [4.69, 9.17) is 0 Å². The van der Waals surface area contributed by atoms with Crippen LogP contribution in [0.15, 0.2) is 27.9 Å². The maximum atomic E-state index is 12.2. The average Bonchev–Trinajstić information content (AvgIpc) is 2.43. The minimum Gasteiger partial charge on any atom is -0.310 e. The second kappa shape index (κ2) is 4.26. The Morgan fingerprint density at radius 2 is 2.00 bits per heavy atom. The minimum absolute atomic E-state index is 0.328. The van der Waals surface area contributed by atoms with Crippen molar-refractivity contribution in [2.75, 3.05) is 0 Å². The molecule has 0 amide bonds. The molecule has 2 aliphatic heterocycles. The molecule has 0 aromatic carbocycles. The van der Waals surface area contributed by atoms with Crippen molar-refractivity contribution in [1.29, 1.82) is 0 Å². The quantitative estimate of drug-likeness (QED) is 0.617. The van der Waals surface area contributed by atoms with Crippen molar-refractivity contribution in [2.24, 2.45) is 7.05 Å². The Kier molecular flexibility index (Phi) is 2.67. The van der Waals surface area contributed by atoms with Crippen LogP contribution in [0.5, 0.6) is 0 Å². The summed E-state index contributed by atoms with van der Waals surface area (Å²) in [7, 11) is 1.44. The SMILES string of the molecule is CCn1c2nc(=O)n(C)c(=O)c-2cc2cc(C)cnc21. The smallest absolute Gasteiger partial charge is 0.310 e. The molecule has 0 bridgehead atoms. The molecule has 0 fully saturated rings. The van der Waals surface area contributed by atoms with Crippen molar-refractivity contribution >= 4 is 11.0 Å². The fourth-order valence-corrected chi connectivity index (χ4v) is 2.39. The lowest BCUT2D eigenvalue weighted by Crippen LogP contribution is -2.35. The Morgan fingerprint density at radius 1 is 1.25 bits per heavy atom. The molecule has 102 valence electrons. The first-order valence-corrected chi connectivity index (χ1v) is 6.40. The zero-order valence-corrected chi connectivity index (χ0v) is 11.5. The predicted molar refractivity (Wildman–Crippen MR) is 76.1 cm³/mol. The maximum absolute atomic E-state index is 12.2. The molecule has 2 aliphatic rings. The molecule has 0 saturated heterocycles. The van der Waals surface area contributed by atoms with Gasteiger partial charge in [-0.2, -0.15) is 4.98 Å². The van der Waals surface area contributed by atoms with Gasteiger partial charge >= 0.3 is 5.69 Å². The third-order valence-electron chi connectivity index (χ3n) is 3.42. The summed E-state index contributed by atoms with van der Waals surface area (Å²) >= 11 is 0. The van der Waals surface area contributed by atoms with E-state index in [9.17, 15) is 9.59 Å². The summed E-state index contributed by atoms with van der Waals surface area (Å²) in [4.78, 5) is 32.4. The van der Waals surface area contributed by atoms with Crippen LogP contribution >= 0.6 is 0 Å². The van der Waals surface area contributed by atoms with Gasteiger partial charge < -0.3 is 4.57 Å². The van der Waals surface area contributed by atoms with Gasteiger partial charge in [-0.1, -0.05) is 0 Å². The van der Waals surface area contributed by atoms with Crippen LogP contribution in [0.1, 0.15) is 12.5 Å². The van der Waals surface area contributed by atoms with E-state index in [1.54, 1.807) is 16.8 Å². The molecule has 6 heteroatoms. The molecular formula is C14H14N4O2. The van der Waals surface area contributed by atoms with Gasteiger partial charge in [-0.05, 0) is 31.5 Å². The van der Waals surface area contributed by atoms with Crippen LogP contribution in [0.2, 0.25) is 0 Å². The molecule has 6 nitrogen and oxygen atoms in total. The van der Waals surface area contributed by atoms with Gasteiger partial charge in [0.25, 0.3) is 5.56 Å². The van der Waals surface area contributed by atoms with Crippen LogP contribution < -0.4 is 11.2 Å². The summed E-state index contributed by atoms with van der Waals surface area (Å²) < 4.78 is 2.82. The molecule has 0 atom stereocenters. The van der Waals surface area contributed by atoms with Crippen molar-refractivity contribution in [3.8, 4) is 11.4 Å². The minimum atomic E-state index is -0.545. The number of fused-ring (bicyclic) bond motifs is 2. The van der Waals surface area contributed by atoms with Crippen LogP contribution in [0, 0.1) is 6.92 Å². The van der Waals surface area contributed by atoms with E-state index in [0.29, 0.717) is 17.9 Å². The molecule has 0 N–H and O–H groups in total. The van der Waals surface area contributed by atoms with Gasteiger partial charge in [0.15, 0.2) is 5.82 Å². The van der Waals surface area contributed by atoms with Crippen molar-refractivity contribution in [1.82, 2.24) is 19.1 Å². The van der Waals surface area contributed by atoms with Gasteiger partial charge in [-0.25, -0.2) is 9.78 Å². The van der Waals surface area contributed by atoms with Crippen molar-refractivity contribution in [3.05, 3.63) is 44.7 Å². The summed E-state index contributed by atoms with van der Waals surface area (Å²) in [5.74, 6) is 0.393. The molecular weight excluding hydrogens is 256 g/mol. The summed E-state index contributed by atoms with van der Waals surface area (Å²) in [5, 5.41) is 0.872. The van der Waals surface area contributed by atoms with E-state index in [2.05, 4.69) is 9.97 Å². The van der Waals surface area contributed by atoms with E-state index in [1.807, 2.05) is 19.9 Å². The molecule has 0 spiro atoms. The van der Waals surface area contributed by atoms with Gasteiger partial charge in [0.2, 0.25) is 0 Å². The summed E-state index contributed by atoms with van der Waals surface area (Å²) in [6, 6.07) is 3.73. The Bertz CT molecular complexity index is 908. The highest BCUT2D eigenvalue weighted by atomic mass is 16.2. The van der Waals surface area contributed by atoms with Crippen LogP contribution in [0.3, 0.4) is 0 Å². The lowest BCUT2D eigenvalue weighted by atomic mass is 10.1. The summed E-state index contributed by atoms with van der Waals surface area (Å²) in [6.45, 7) is 4.47. The first-order valence-electron chi connectivity index (χ1n) is 6.40. The molecule has 3 rings (SSSR count). The number of rotatable bonds is 1. The fraction of sp³-hybridized carbons (Fsp3) is 0.286. The van der Waals surface area contributed by atoms with E-state index in [0.717, 1.165) is 21.2 Å². The van der Waals surface area contributed by atoms with E-state index in [-0.39, 0.29) is 5.56 Å². The van der Waals surface area contributed by atoms with Crippen LogP contribution in [0.25, 0.3) is 22.4 Å². The summed E-state index contributed by atoms with van der Waals surface area (Å²) in [5.41, 5.74) is 1.31. The molecule has 1 aromatic heterocycles. The second-order valence-electron chi connectivity index (χ2n) is 4.81. The fourth-order valence-electron chi connectivity index (χ4n) is 2.39. The Labute approximate surface area is 114 Å². The molecule has 0 radical (unpaired) electrons. The lowest BCUT2D eigenvalue weighted by Gasteiger charge is -2.15. The van der Waals surface area contributed by atoms with Crippen molar-refractivity contribution in [2.45, 2.75) is 20.4 Å².